The molecular weight excluding hydrogens is 180 g/mol. The average Bonchev–Trinajstić information content (AvgIpc) is 2.52. The van der Waals surface area contributed by atoms with E-state index in [4.69, 9.17) is 11.6 Å². The van der Waals surface area contributed by atoms with Crippen molar-refractivity contribution in [2.45, 2.75) is 57.2 Å². The monoisotopic (exact) mass is 200 g/mol. The molecule has 0 bridgehead atoms. The molecule has 2 rings (SSSR count). The summed E-state index contributed by atoms with van der Waals surface area (Å²) >= 11 is 6.16. The van der Waals surface area contributed by atoms with Crippen molar-refractivity contribution in [3.63, 3.8) is 0 Å². The van der Waals surface area contributed by atoms with E-state index in [9.17, 15) is 0 Å². The van der Waals surface area contributed by atoms with Gasteiger partial charge in [0.1, 0.15) is 0 Å². The zero-order valence-electron chi connectivity index (χ0n) is 8.64. The normalized spacial score (nSPS) is 46.6. The van der Waals surface area contributed by atoms with Gasteiger partial charge in [-0.25, -0.2) is 0 Å². The Labute approximate surface area is 87.0 Å². The predicted octanol–water partition coefficient (Wildman–Crippen LogP) is 4.22. The van der Waals surface area contributed by atoms with Gasteiger partial charge in [0.2, 0.25) is 0 Å². The third kappa shape index (κ3) is 2.40. The summed E-state index contributed by atoms with van der Waals surface area (Å²) in [5.41, 5.74) is 0. The highest BCUT2D eigenvalue weighted by molar-refractivity contribution is 6.20. The minimum absolute atomic E-state index is 0.502. The Balaban J connectivity index is 1.85. The lowest BCUT2D eigenvalue weighted by atomic mass is 9.75. The molecule has 0 aliphatic heterocycles. The Morgan fingerprint density at radius 1 is 0.923 bits per heavy atom. The summed E-state index contributed by atoms with van der Waals surface area (Å²) in [6.07, 6.45) is 9.89. The van der Waals surface area contributed by atoms with Crippen molar-refractivity contribution in [3.8, 4) is 0 Å². The number of halogens is 1. The van der Waals surface area contributed by atoms with Gasteiger partial charge in [-0.2, -0.15) is 0 Å². The third-order valence-electron chi connectivity index (χ3n) is 4.05. The minimum Gasteiger partial charge on any atom is -0.123 e. The van der Waals surface area contributed by atoms with Crippen LogP contribution in [0.1, 0.15) is 51.9 Å². The molecule has 0 aromatic rings. The fraction of sp³-hybridized carbons (Fsp3) is 1.00. The average molecular weight is 201 g/mol. The Bertz CT molecular complexity index is 167. The molecule has 0 spiro atoms. The first kappa shape index (κ1) is 9.83. The van der Waals surface area contributed by atoms with Gasteiger partial charge < -0.3 is 0 Å². The Morgan fingerprint density at radius 2 is 1.69 bits per heavy atom. The van der Waals surface area contributed by atoms with Crippen LogP contribution in [-0.2, 0) is 0 Å². The Hall–Kier alpha value is 0.290. The second-order valence-corrected chi connectivity index (χ2v) is 5.82. The fourth-order valence-corrected chi connectivity index (χ4v) is 3.65. The van der Waals surface area contributed by atoms with Gasteiger partial charge in [0.15, 0.2) is 0 Å². The van der Waals surface area contributed by atoms with Crippen molar-refractivity contribution in [2.75, 3.05) is 0 Å². The molecule has 0 radical (unpaired) electrons. The van der Waals surface area contributed by atoms with Crippen molar-refractivity contribution in [2.24, 2.45) is 17.8 Å². The molecule has 2 aliphatic rings. The van der Waals surface area contributed by atoms with E-state index in [0.717, 1.165) is 17.8 Å². The largest absolute Gasteiger partial charge is 0.123 e. The lowest BCUT2D eigenvalue weighted by molar-refractivity contribution is 0.207. The van der Waals surface area contributed by atoms with E-state index in [1.807, 2.05) is 0 Å². The topological polar surface area (TPSA) is 0 Å². The Kier molecular flexibility index (Phi) is 3.18. The number of alkyl halides is 1. The maximum atomic E-state index is 6.16. The standard InChI is InChI=1S/C12H21Cl/c1-9-3-2-4-10(7-9)11-5-6-12(13)8-11/h9-12H,2-8H2,1H3. The van der Waals surface area contributed by atoms with Crippen molar-refractivity contribution < 1.29 is 0 Å². The highest BCUT2D eigenvalue weighted by Gasteiger charge is 2.31. The summed E-state index contributed by atoms with van der Waals surface area (Å²) in [7, 11) is 0. The van der Waals surface area contributed by atoms with Crippen molar-refractivity contribution in [1.82, 2.24) is 0 Å². The van der Waals surface area contributed by atoms with Gasteiger partial charge >= 0.3 is 0 Å². The highest BCUT2D eigenvalue weighted by atomic mass is 35.5. The van der Waals surface area contributed by atoms with Crippen molar-refractivity contribution in [3.05, 3.63) is 0 Å². The lowest BCUT2D eigenvalue weighted by Gasteiger charge is -2.31. The summed E-state index contributed by atoms with van der Waals surface area (Å²) in [4.78, 5) is 0. The molecule has 13 heavy (non-hydrogen) atoms. The molecule has 1 heteroatoms. The highest BCUT2D eigenvalue weighted by Crippen LogP contribution is 2.42. The molecule has 2 saturated carbocycles. The van der Waals surface area contributed by atoms with Gasteiger partial charge in [0.05, 0.1) is 0 Å². The van der Waals surface area contributed by atoms with E-state index in [1.54, 1.807) is 0 Å². The van der Waals surface area contributed by atoms with Gasteiger partial charge in [-0.1, -0.05) is 26.2 Å². The van der Waals surface area contributed by atoms with Crippen LogP contribution in [0.5, 0.6) is 0 Å². The zero-order valence-corrected chi connectivity index (χ0v) is 9.39. The molecule has 0 nitrogen and oxygen atoms in total. The molecule has 4 atom stereocenters. The molecule has 0 aromatic heterocycles. The van der Waals surface area contributed by atoms with E-state index in [0.29, 0.717) is 5.38 Å². The van der Waals surface area contributed by atoms with E-state index in [2.05, 4.69) is 6.92 Å². The summed E-state index contributed by atoms with van der Waals surface area (Å²) in [6, 6.07) is 0. The van der Waals surface area contributed by atoms with Gasteiger partial charge in [-0.3, -0.25) is 0 Å². The van der Waals surface area contributed by atoms with Gasteiger partial charge in [-0.05, 0) is 43.4 Å². The first-order valence-electron chi connectivity index (χ1n) is 5.89. The maximum absolute atomic E-state index is 6.16. The van der Waals surface area contributed by atoms with Crippen LogP contribution in [0.3, 0.4) is 0 Å². The fourth-order valence-electron chi connectivity index (χ4n) is 3.30. The first-order chi connectivity index (χ1) is 6.25. The van der Waals surface area contributed by atoms with Crippen LogP contribution in [-0.4, -0.2) is 5.38 Å². The number of rotatable bonds is 1. The predicted molar refractivity (Wildman–Crippen MR) is 58.1 cm³/mol. The van der Waals surface area contributed by atoms with Crippen LogP contribution >= 0.6 is 11.6 Å². The van der Waals surface area contributed by atoms with Gasteiger partial charge in [0, 0.05) is 5.38 Å². The molecule has 0 saturated heterocycles. The zero-order chi connectivity index (χ0) is 9.26. The van der Waals surface area contributed by atoms with E-state index in [1.165, 1.54) is 44.9 Å². The first-order valence-corrected chi connectivity index (χ1v) is 6.33. The molecule has 2 fully saturated rings. The second kappa shape index (κ2) is 4.21. The van der Waals surface area contributed by atoms with Crippen LogP contribution in [0.25, 0.3) is 0 Å². The molecule has 0 heterocycles. The minimum atomic E-state index is 0.502. The number of hydrogen-bond acceptors (Lipinski definition) is 0. The van der Waals surface area contributed by atoms with Crippen LogP contribution in [0.4, 0.5) is 0 Å². The molecule has 2 aliphatic carbocycles. The van der Waals surface area contributed by atoms with Crippen LogP contribution in [0.2, 0.25) is 0 Å². The van der Waals surface area contributed by atoms with E-state index < -0.39 is 0 Å². The van der Waals surface area contributed by atoms with Crippen LogP contribution < -0.4 is 0 Å². The molecule has 76 valence electrons. The third-order valence-corrected chi connectivity index (χ3v) is 4.45. The maximum Gasteiger partial charge on any atom is 0.0338 e. The molecule has 0 N–H and O–H groups in total. The van der Waals surface area contributed by atoms with Crippen LogP contribution in [0, 0.1) is 17.8 Å². The van der Waals surface area contributed by atoms with Crippen LogP contribution in [0.15, 0.2) is 0 Å². The summed E-state index contributed by atoms with van der Waals surface area (Å²) in [5.74, 6) is 2.98. The van der Waals surface area contributed by atoms with E-state index in [-0.39, 0.29) is 0 Å². The van der Waals surface area contributed by atoms with E-state index >= 15 is 0 Å². The van der Waals surface area contributed by atoms with Crippen molar-refractivity contribution >= 4 is 11.6 Å². The van der Waals surface area contributed by atoms with Gasteiger partial charge in [0.25, 0.3) is 0 Å². The molecule has 4 unspecified atom stereocenters. The quantitative estimate of drug-likeness (QED) is 0.556. The van der Waals surface area contributed by atoms with Crippen molar-refractivity contribution in [1.29, 1.82) is 0 Å². The summed E-state index contributed by atoms with van der Waals surface area (Å²) in [6.45, 7) is 2.42. The molecule has 0 aromatic carbocycles. The lowest BCUT2D eigenvalue weighted by Crippen LogP contribution is -2.20. The SMILES string of the molecule is CC1CCCC(C2CCC(Cl)C2)C1. The molecule has 0 amide bonds. The number of hydrogen-bond donors (Lipinski definition) is 0. The molecular formula is C12H21Cl. The smallest absolute Gasteiger partial charge is 0.0338 e. The second-order valence-electron chi connectivity index (χ2n) is 5.20. The van der Waals surface area contributed by atoms with Gasteiger partial charge in [-0.15, -0.1) is 11.6 Å². The summed E-state index contributed by atoms with van der Waals surface area (Å²) in [5, 5.41) is 0.502. The summed E-state index contributed by atoms with van der Waals surface area (Å²) < 4.78 is 0. The Morgan fingerprint density at radius 3 is 2.31 bits per heavy atom.